The van der Waals surface area contributed by atoms with Crippen LogP contribution in [0.4, 0.5) is 0 Å². The number of sulfone groups is 1. The van der Waals surface area contributed by atoms with Crippen LogP contribution in [0, 0.1) is 6.92 Å². The Kier molecular flexibility index (Phi) is 9.61. The van der Waals surface area contributed by atoms with Crippen LogP contribution in [-0.2, 0) is 21.1 Å². The van der Waals surface area contributed by atoms with Crippen molar-refractivity contribution in [3.63, 3.8) is 0 Å². The first-order valence-corrected chi connectivity index (χ1v) is 8.50. The molecule has 22 heavy (non-hydrogen) atoms. The molecule has 0 fully saturated rings. The lowest BCUT2D eigenvalue weighted by molar-refractivity contribution is 0.203. The lowest BCUT2D eigenvalue weighted by Gasteiger charge is -2.12. The van der Waals surface area contributed by atoms with Gasteiger partial charge in [0, 0.05) is 33.5 Å². The highest BCUT2D eigenvalue weighted by atomic mass is 127. The molecule has 0 heterocycles. The lowest BCUT2D eigenvalue weighted by Crippen LogP contribution is -2.38. The van der Waals surface area contributed by atoms with Gasteiger partial charge in [-0.25, -0.2) is 8.42 Å². The minimum absolute atomic E-state index is 0. The van der Waals surface area contributed by atoms with Gasteiger partial charge in [-0.15, -0.1) is 24.0 Å². The van der Waals surface area contributed by atoms with E-state index in [0.717, 1.165) is 11.1 Å². The first-order chi connectivity index (χ1) is 9.88. The normalized spacial score (nSPS) is 11.7. The molecule has 0 saturated carbocycles. The average Bonchev–Trinajstić information content (AvgIpc) is 2.41. The van der Waals surface area contributed by atoms with Crippen LogP contribution < -0.4 is 10.6 Å². The minimum Gasteiger partial charge on any atom is -0.383 e. The van der Waals surface area contributed by atoms with Crippen molar-refractivity contribution in [1.82, 2.24) is 10.6 Å². The highest BCUT2D eigenvalue weighted by Crippen LogP contribution is 2.16. The summed E-state index contributed by atoms with van der Waals surface area (Å²) in [5.41, 5.74) is 1.74. The maximum atomic E-state index is 11.6. The van der Waals surface area contributed by atoms with Gasteiger partial charge in [0.1, 0.15) is 0 Å². The van der Waals surface area contributed by atoms with E-state index in [0.29, 0.717) is 30.6 Å². The number of hydrogen-bond acceptors (Lipinski definition) is 4. The third-order valence-corrected chi connectivity index (χ3v) is 4.18. The Bertz CT molecular complexity index is 603. The molecule has 1 aromatic rings. The van der Waals surface area contributed by atoms with E-state index >= 15 is 0 Å². The van der Waals surface area contributed by atoms with E-state index in [9.17, 15) is 8.42 Å². The number of halogens is 1. The van der Waals surface area contributed by atoms with Crippen molar-refractivity contribution in [2.24, 2.45) is 4.99 Å². The number of benzene rings is 1. The number of guanidine groups is 1. The van der Waals surface area contributed by atoms with E-state index in [1.807, 2.05) is 6.07 Å². The number of methoxy groups -OCH3 is 1. The number of nitrogens with one attached hydrogen (secondary N) is 2. The molecule has 126 valence electrons. The third kappa shape index (κ3) is 6.93. The molecule has 6 nitrogen and oxygen atoms in total. The van der Waals surface area contributed by atoms with Crippen molar-refractivity contribution in [2.75, 3.05) is 33.6 Å². The first-order valence-electron chi connectivity index (χ1n) is 6.61. The topological polar surface area (TPSA) is 79.8 Å². The maximum Gasteiger partial charge on any atom is 0.191 e. The van der Waals surface area contributed by atoms with E-state index in [1.165, 1.54) is 6.26 Å². The molecular formula is C14H24IN3O3S. The second-order valence-electron chi connectivity index (χ2n) is 4.72. The van der Waals surface area contributed by atoms with E-state index in [1.54, 1.807) is 33.2 Å². The predicted molar refractivity (Wildman–Crippen MR) is 99.8 cm³/mol. The molecule has 0 aliphatic heterocycles. The molecule has 0 spiro atoms. The van der Waals surface area contributed by atoms with E-state index in [4.69, 9.17) is 4.74 Å². The predicted octanol–water partition coefficient (Wildman–Crippen LogP) is 1.33. The summed E-state index contributed by atoms with van der Waals surface area (Å²) in [5.74, 6) is 0.678. The molecule has 0 aromatic heterocycles. The molecule has 0 unspecified atom stereocenters. The van der Waals surface area contributed by atoms with Crippen LogP contribution in [0.5, 0.6) is 0 Å². The van der Waals surface area contributed by atoms with Gasteiger partial charge in [0.15, 0.2) is 15.8 Å². The molecule has 0 radical (unpaired) electrons. The molecule has 1 rings (SSSR count). The van der Waals surface area contributed by atoms with Gasteiger partial charge < -0.3 is 15.4 Å². The van der Waals surface area contributed by atoms with Gasteiger partial charge in [-0.1, -0.05) is 12.1 Å². The van der Waals surface area contributed by atoms with E-state index in [-0.39, 0.29) is 24.0 Å². The summed E-state index contributed by atoms with van der Waals surface area (Å²) < 4.78 is 28.1. The van der Waals surface area contributed by atoms with Crippen molar-refractivity contribution in [1.29, 1.82) is 0 Å². The van der Waals surface area contributed by atoms with Gasteiger partial charge in [-0.2, -0.15) is 0 Å². The first kappa shape index (κ1) is 21.1. The highest BCUT2D eigenvalue weighted by Gasteiger charge is 2.10. The zero-order valence-electron chi connectivity index (χ0n) is 13.3. The molecule has 0 atom stereocenters. The lowest BCUT2D eigenvalue weighted by atomic mass is 10.1. The van der Waals surface area contributed by atoms with Crippen molar-refractivity contribution in [2.45, 2.75) is 18.4 Å². The number of aryl methyl sites for hydroxylation is 1. The number of hydrogen-bond donors (Lipinski definition) is 2. The Morgan fingerprint density at radius 2 is 2.00 bits per heavy atom. The smallest absolute Gasteiger partial charge is 0.191 e. The minimum atomic E-state index is -3.17. The van der Waals surface area contributed by atoms with Crippen LogP contribution in [0.2, 0.25) is 0 Å². The Hall–Kier alpha value is -0.870. The second kappa shape index (κ2) is 10.0. The Labute approximate surface area is 149 Å². The highest BCUT2D eigenvalue weighted by molar-refractivity contribution is 14.0. The summed E-state index contributed by atoms with van der Waals surface area (Å²) >= 11 is 0. The Balaban J connectivity index is 0.00000441. The van der Waals surface area contributed by atoms with Crippen LogP contribution >= 0.6 is 24.0 Å². The largest absolute Gasteiger partial charge is 0.383 e. The van der Waals surface area contributed by atoms with Gasteiger partial charge in [0.2, 0.25) is 0 Å². The van der Waals surface area contributed by atoms with Crippen LogP contribution in [0.3, 0.4) is 0 Å². The zero-order valence-corrected chi connectivity index (χ0v) is 16.5. The molecule has 2 N–H and O–H groups in total. The molecule has 0 bridgehead atoms. The fraction of sp³-hybridized carbons (Fsp3) is 0.500. The van der Waals surface area contributed by atoms with Crippen LogP contribution in [-0.4, -0.2) is 47.9 Å². The Morgan fingerprint density at radius 1 is 1.32 bits per heavy atom. The molecule has 8 heteroatoms. The van der Waals surface area contributed by atoms with Gasteiger partial charge in [-0.05, 0) is 24.1 Å². The van der Waals surface area contributed by atoms with Gasteiger partial charge in [0.25, 0.3) is 0 Å². The van der Waals surface area contributed by atoms with Gasteiger partial charge >= 0.3 is 0 Å². The molecule has 0 aliphatic carbocycles. The summed E-state index contributed by atoms with van der Waals surface area (Å²) in [6, 6.07) is 5.31. The van der Waals surface area contributed by atoms with Crippen molar-refractivity contribution in [3.8, 4) is 0 Å². The summed E-state index contributed by atoms with van der Waals surface area (Å²) in [4.78, 5) is 4.47. The number of nitrogens with zero attached hydrogens (tertiary/aromatic N) is 1. The Morgan fingerprint density at radius 3 is 2.50 bits per heavy atom. The van der Waals surface area contributed by atoms with Gasteiger partial charge in [-0.3, -0.25) is 4.99 Å². The number of aliphatic imine (C=N–C) groups is 1. The SMILES string of the molecule is CN=C(NCCOC)NCc1ccc(S(C)(=O)=O)c(C)c1.I. The summed E-state index contributed by atoms with van der Waals surface area (Å²) in [6.45, 7) is 3.63. The summed E-state index contributed by atoms with van der Waals surface area (Å²) in [6.07, 6.45) is 1.22. The van der Waals surface area contributed by atoms with Crippen molar-refractivity contribution in [3.05, 3.63) is 29.3 Å². The third-order valence-electron chi connectivity index (χ3n) is 2.92. The van der Waals surface area contributed by atoms with Crippen LogP contribution in [0.25, 0.3) is 0 Å². The molecule has 1 aromatic carbocycles. The second-order valence-corrected chi connectivity index (χ2v) is 6.70. The van der Waals surface area contributed by atoms with Crippen molar-refractivity contribution < 1.29 is 13.2 Å². The molecule has 0 amide bonds. The fourth-order valence-corrected chi connectivity index (χ4v) is 2.87. The van der Waals surface area contributed by atoms with E-state index < -0.39 is 9.84 Å². The van der Waals surface area contributed by atoms with Crippen LogP contribution in [0.15, 0.2) is 28.1 Å². The molecular weight excluding hydrogens is 417 g/mol. The molecule has 0 aliphatic rings. The number of ether oxygens (including phenoxy) is 1. The zero-order chi connectivity index (χ0) is 15.9. The average molecular weight is 441 g/mol. The van der Waals surface area contributed by atoms with E-state index in [2.05, 4.69) is 15.6 Å². The maximum absolute atomic E-state index is 11.6. The monoisotopic (exact) mass is 441 g/mol. The van der Waals surface area contributed by atoms with Crippen molar-refractivity contribution >= 4 is 39.8 Å². The summed E-state index contributed by atoms with van der Waals surface area (Å²) in [7, 11) is 0.166. The standard InChI is InChI=1S/C14H23N3O3S.HI/c1-11-9-12(5-6-13(11)21(4,18)19)10-17-14(15-2)16-7-8-20-3;/h5-6,9H,7-8,10H2,1-4H3,(H2,15,16,17);1H. The van der Waals surface area contributed by atoms with Crippen LogP contribution in [0.1, 0.15) is 11.1 Å². The van der Waals surface area contributed by atoms with Gasteiger partial charge in [0.05, 0.1) is 11.5 Å². The quantitative estimate of drug-likeness (QED) is 0.302. The number of rotatable bonds is 6. The fourth-order valence-electron chi connectivity index (χ4n) is 1.92. The molecule has 0 saturated heterocycles. The summed E-state index contributed by atoms with van der Waals surface area (Å²) in [5, 5.41) is 6.27.